The number of cyclic esters (lactones) is 2. The molecule has 1 spiro atoms. The van der Waals surface area contributed by atoms with Crippen LogP contribution in [-0.2, 0) is 14.3 Å². The van der Waals surface area contributed by atoms with Crippen LogP contribution in [0.25, 0.3) is 0 Å². The highest BCUT2D eigenvalue weighted by Gasteiger charge is 2.77. The topological polar surface area (TPSA) is 43.4 Å². The van der Waals surface area contributed by atoms with Gasteiger partial charge in [-0.25, -0.2) is 0 Å². The van der Waals surface area contributed by atoms with Gasteiger partial charge in [0.25, 0.3) is 0 Å². The maximum Gasteiger partial charge on any atom is 0.321 e. The van der Waals surface area contributed by atoms with Gasteiger partial charge < -0.3 is 4.74 Å². The zero-order chi connectivity index (χ0) is 11.0. The summed E-state index contributed by atoms with van der Waals surface area (Å²) in [7, 11) is 0. The summed E-state index contributed by atoms with van der Waals surface area (Å²) in [6.45, 7) is 0. The first-order valence-corrected chi connectivity index (χ1v) is 6.04. The van der Waals surface area contributed by atoms with Crippen molar-refractivity contribution in [1.29, 1.82) is 0 Å². The van der Waals surface area contributed by atoms with E-state index >= 15 is 0 Å². The molecule has 3 fully saturated rings. The molecule has 2 atom stereocenters. The molecular formula is C13H14O3. The molecule has 0 aromatic rings. The van der Waals surface area contributed by atoms with E-state index in [1.54, 1.807) is 0 Å². The molecule has 0 radical (unpaired) electrons. The van der Waals surface area contributed by atoms with Crippen LogP contribution in [0.2, 0.25) is 0 Å². The third kappa shape index (κ3) is 0.731. The Hall–Kier alpha value is -1.12. The summed E-state index contributed by atoms with van der Waals surface area (Å²) in [5.41, 5.74) is -0.675. The molecule has 84 valence electrons. The summed E-state index contributed by atoms with van der Waals surface area (Å²) in [6, 6.07) is 0. The van der Waals surface area contributed by atoms with Crippen molar-refractivity contribution in [2.24, 2.45) is 16.2 Å². The van der Waals surface area contributed by atoms with Gasteiger partial charge in [-0.1, -0.05) is 12.2 Å². The number of hydrogen-bond acceptors (Lipinski definition) is 3. The van der Waals surface area contributed by atoms with Crippen LogP contribution in [-0.4, -0.2) is 11.9 Å². The second kappa shape index (κ2) is 2.27. The average Bonchev–Trinajstić information content (AvgIpc) is 2.86. The number of rotatable bonds is 0. The smallest absolute Gasteiger partial charge is 0.321 e. The normalized spacial score (nSPS) is 46.8. The van der Waals surface area contributed by atoms with Gasteiger partial charge in [-0.15, -0.1) is 0 Å². The van der Waals surface area contributed by atoms with Gasteiger partial charge in [0.2, 0.25) is 0 Å². The van der Waals surface area contributed by atoms with Gasteiger partial charge >= 0.3 is 11.9 Å². The molecule has 16 heavy (non-hydrogen) atoms. The molecule has 0 bridgehead atoms. The minimum Gasteiger partial charge on any atom is -0.392 e. The molecular weight excluding hydrogens is 204 g/mol. The number of ether oxygens (including phenoxy) is 1. The second-order valence-electron chi connectivity index (χ2n) is 6.07. The Labute approximate surface area is 93.8 Å². The van der Waals surface area contributed by atoms with Crippen molar-refractivity contribution in [3.05, 3.63) is 12.2 Å². The lowest BCUT2D eigenvalue weighted by Gasteiger charge is -2.35. The molecule has 1 aliphatic heterocycles. The lowest BCUT2D eigenvalue weighted by molar-refractivity contribution is -0.157. The summed E-state index contributed by atoms with van der Waals surface area (Å²) in [6.07, 6.45) is 9.68. The Morgan fingerprint density at radius 2 is 1.44 bits per heavy atom. The number of carbonyl (C=O) groups is 2. The Morgan fingerprint density at radius 1 is 0.938 bits per heavy atom. The number of carbonyl (C=O) groups excluding carboxylic acids is 2. The summed E-state index contributed by atoms with van der Waals surface area (Å²) < 4.78 is 4.96. The molecule has 3 heteroatoms. The minimum absolute atomic E-state index is 0.245. The van der Waals surface area contributed by atoms with Gasteiger partial charge in [0.15, 0.2) is 0 Å². The Morgan fingerprint density at radius 3 is 1.88 bits per heavy atom. The van der Waals surface area contributed by atoms with Gasteiger partial charge in [-0.05, 0) is 43.9 Å². The molecule has 4 aliphatic rings. The average molecular weight is 218 g/mol. The number of allylic oxidation sites excluding steroid dienone is 2. The first kappa shape index (κ1) is 8.97. The fourth-order valence-electron chi connectivity index (χ4n) is 4.30. The molecule has 0 amide bonds. The maximum atomic E-state index is 12.1. The third-order valence-electron chi connectivity index (χ3n) is 5.29. The van der Waals surface area contributed by atoms with E-state index in [-0.39, 0.29) is 11.9 Å². The quantitative estimate of drug-likeness (QED) is 0.354. The fraction of sp³-hybridized carbons (Fsp3) is 0.692. The van der Waals surface area contributed by atoms with Gasteiger partial charge in [0.1, 0.15) is 0 Å². The molecule has 1 heterocycles. The molecule has 2 unspecified atom stereocenters. The van der Waals surface area contributed by atoms with Gasteiger partial charge in [0.05, 0.1) is 10.8 Å². The van der Waals surface area contributed by atoms with Crippen LogP contribution in [0.15, 0.2) is 12.2 Å². The van der Waals surface area contributed by atoms with E-state index in [0.717, 1.165) is 12.8 Å². The predicted octanol–water partition coefficient (Wildman–Crippen LogP) is 1.97. The number of hydrogen-bond donors (Lipinski definition) is 0. The van der Waals surface area contributed by atoms with E-state index in [2.05, 4.69) is 12.2 Å². The number of esters is 2. The lowest BCUT2D eigenvalue weighted by Crippen LogP contribution is -2.41. The van der Waals surface area contributed by atoms with Crippen LogP contribution < -0.4 is 0 Å². The van der Waals surface area contributed by atoms with Gasteiger partial charge in [-0.2, -0.15) is 0 Å². The summed E-state index contributed by atoms with van der Waals surface area (Å²) in [4.78, 5) is 24.1. The van der Waals surface area contributed by atoms with E-state index in [1.807, 2.05) is 0 Å². The predicted molar refractivity (Wildman–Crippen MR) is 55.2 cm³/mol. The lowest BCUT2D eigenvalue weighted by atomic mass is 9.61. The molecule has 3 nitrogen and oxygen atoms in total. The van der Waals surface area contributed by atoms with Crippen molar-refractivity contribution in [2.75, 3.05) is 0 Å². The molecule has 0 N–H and O–H groups in total. The highest BCUT2D eigenvalue weighted by Crippen LogP contribution is 2.75. The van der Waals surface area contributed by atoms with Crippen LogP contribution in [0, 0.1) is 16.2 Å². The van der Waals surface area contributed by atoms with Crippen molar-refractivity contribution < 1.29 is 14.3 Å². The first-order chi connectivity index (χ1) is 7.63. The highest BCUT2D eigenvalue weighted by atomic mass is 16.6. The Bertz CT molecular complexity index is 410. The molecule has 2 saturated carbocycles. The maximum absolute atomic E-state index is 12.1. The molecule has 3 aliphatic carbocycles. The Kier molecular flexibility index (Phi) is 1.27. The molecule has 0 aromatic heterocycles. The summed E-state index contributed by atoms with van der Waals surface area (Å²) in [5.74, 6) is -0.490. The first-order valence-electron chi connectivity index (χ1n) is 6.04. The van der Waals surface area contributed by atoms with Crippen LogP contribution in [0.4, 0.5) is 0 Å². The summed E-state index contributed by atoms with van der Waals surface area (Å²) >= 11 is 0. The van der Waals surface area contributed by atoms with Crippen LogP contribution in [0.1, 0.15) is 38.5 Å². The van der Waals surface area contributed by atoms with Crippen molar-refractivity contribution in [2.45, 2.75) is 38.5 Å². The van der Waals surface area contributed by atoms with Crippen molar-refractivity contribution in [1.82, 2.24) is 0 Å². The van der Waals surface area contributed by atoms with Crippen LogP contribution >= 0.6 is 0 Å². The van der Waals surface area contributed by atoms with Crippen molar-refractivity contribution >= 4 is 11.9 Å². The Balaban J connectivity index is 1.93. The van der Waals surface area contributed by atoms with Crippen molar-refractivity contribution in [3.8, 4) is 0 Å². The summed E-state index contributed by atoms with van der Waals surface area (Å²) in [5, 5.41) is 0. The van der Waals surface area contributed by atoms with E-state index in [0.29, 0.717) is 18.3 Å². The van der Waals surface area contributed by atoms with Crippen molar-refractivity contribution in [3.63, 3.8) is 0 Å². The van der Waals surface area contributed by atoms with Crippen LogP contribution in [0.3, 0.4) is 0 Å². The standard InChI is InChI=1S/C13H14O3/c14-9-12-3-1-2-4-13(12,10(15)16-9)8-11(7-12)5-6-11/h1-2H,3-8H2. The largest absolute Gasteiger partial charge is 0.392 e. The third-order valence-corrected chi connectivity index (χ3v) is 5.29. The van der Waals surface area contributed by atoms with E-state index in [4.69, 9.17) is 4.74 Å². The fourth-order valence-corrected chi connectivity index (χ4v) is 4.30. The van der Waals surface area contributed by atoms with Crippen LogP contribution in [0.5, 0.6) is 0 Å². The zero-order valence-corrected chi connectivity index (χ0v) is 9.12. The van der Waals surface area contributed by atoms with E-state index in [1.165, 1.54) is 12.8 Å². The van der Waals surface area contributed by atoms with Gasteiger partial charge in [-0.3, -0.25) is 9.59 Å². The molecule has 4 rings (SSSR count). The second-order valence-corrected chi connectivity index (χ2v) is 6.07. The molecule has 1 saturated heterocycles. The monoisotopic (exact) mass is 218 g/mol. The minimum atomic E-state index is -0.491. The zero-order valence-electron chi connectivity index (χ0n) is 9.12. The van der Waals surface area contributed by atoms with E-state index in [9.17, 15) is 9.59 Å². The van der Waals surface area contributed by atoms with E-state index < -0.39 is 10.8 Å². The molecule has 0 aromatic carbocycles. The SMILES string of the molecule is O=C1OC(=O)C23CC=CCC12CC1(CC1)C3. The highest BCUT2D eigenvalue weighted by molar-refractivity contribution is 6.03. The van der Waals surface area contributed by atoms with Gasteiger partial charge in [0, 0.05) is 0 Å².